The summed E-state index contributed by atoms with van der Waals surface area (Å²) in [4.78, 5) is 36.0. The van der Waals surface area contributed by atoms with Crippen LogP contribution in [0.15, 0.2) is 104 Å². The largest absolute Gasteiger partial charge is 0.493 e. The van der Waals surface area contributed by atoms with Gasteiger partial charge in [-0.3, -0.25) is 19.5 Å². The van der Waals surface area contributed by atoms with Crippen molar-refractivity contribution in [3.8, 4) is 51.0 Å². The van der Waals surface area contributed by atoms with Crippen LogP contribution in [0.1, 0.15) is 17.3 Å². The SMILES string of the molecule is CCOc1cc([N+](=O)[O-])ccc1C(=O)n1cc(-c2ccc(OC)c(OC)c2)c2cccnc21.COc1ccc(-c2c[nH]c3ncccc23)cc1OC. The molecule has 13 nitrogen and oxygen atoms in total. The van der Waals surface area contributed by atoms with Crippen molar-refractivity contribution in [2.45, 2.75) is 6.92 Å². The number of aromatic nitrogens is 4. The second-order valence-corrected chi connectivity index (χ2v) is 11.2. The van der Waals surface area contributed by atoms with Crippen LogP contribution in [0.5, 0.6) is 28.7 Å². The van der Waals surface area contributed by atoms with Crippen molar-refractivity contribution in [1.82, 2.24) is 19.5 Å². The number of fused-ring (bicyclic) bond motifs is 2. The van der Waals surface area contributed by atoms with Crippen LogP contribution >= 0.6 is 0 Å². The number of nitrogens with one attached hydrogen (secondary N) is 1. The minimum Gasteiger partial charge on any atom is -0.493 e. The van der Waals surface area contributed by atoms with Crippen molar-refractivity contribution in [2.24, 2.45) is 0 Å². The van der Waals surface area contributed by atoms with Gasteiger partial charge in [0, 0.05) is 52.8 Å². The maximum absolute atomic E-state index is 13.5. The summed E-state index contributed by atoms with van der Waals surface area (Å²) in [7, 11) is 6.39. The topological polar surface area (TPSA) is 153 Å². The van der Waals surface area contributed by atoms with Crippen LogP contribution in [0.25, 0.3) is 44.3 Å². The molecule has 7 aromatic rings. The number of ether oxygens (including phenoxy) is 5. The first-order valence-electron chi connectivity index (χ1n) is 16.1. The Morgan fingerprint density at radius 1 is 0.750 bits per heavy atom. The summed E-state index contributed by atoms with van der Waals surface area (Å²) in [6.07, 6.45) is 7.03. The fourth-order valence-corrected chi connectivity index (χ4v) is 5.85. The number of rotatable bonds is 10. The highest BCUT2D eigenvalue weighted by Gasteiger charge is 2.23. The number of methoxy groups -OCH3 is 4. The van der Waals surface area contributed by atoms with Gasteiger partial charge in [-0.1, -0.05) is 12.1 Å². The van der Waals surface area contributed by atoms with E-state index in [0.717, 1.165) is 50.2 Å². The second kappa shape index (κ2) is 15.3. The minimum absolute atomic E-state index is 0.141. The van der Waals surface area contributed by atoms with E-state index < -0.39 is 10.8 Å². The number of nitro benzene ring substituents is 1. The first kappa shape index (κ1) is 35.0. The van der Waals surface area contributed by atoms with Crippen LogP contribution in [0, 0.1) is 10.1 Å². The number of nitrogens with zero attached hydrogens (tertiary/aromatic N) is 4. The molecule has 0 amide bonds. The van der Waals surface area contributed by atoms with Crippen LogP contribution in [0.2, 0.25) is 0 Å². The molecule has 0 atom stereocenters. The predicted octanol–water partition coefficient (Wildman–Crippen LogP) is 7.96. The average Bonchev–Trinajstić information content (AvgIpc) is 3.80. The normalized spacial score (nSPS) is 10.7. The molecule has 0 saturated heterocycles. The number of non-ortho nitro benzene ring substituents is 1. The number of carbonyl (C=O) groups is 1. The summed E-state index contributed by atoms with van der Waals surface area (Å²) in [6.45, 7) is 2.00. The molecule has 0 bridgehead atoms. The first-order chi connectivity index (χ1) is 25.3. The highest BCUT2D eigenvalue weighted by atomic mass is 16.6. The molecule has 4 heterocycles. The van der Waals surface area contributed by atoms with Crippen LogP contribution in [-0.2, 0) is 0 Å². The average molecular weight is 702 g/mol. The molecule has 264 valence electrons. The van der Waals surface area contributed by atoms with Gasteiger partial charge in [0.2, 0.25) is 0 Å². The van der Waals surface area contributed by atoms with Gasteiger partial charge < -0.3 is 28.7 Å². The van der Waals surface area contributed by atoms with Gasteiger partial charge in [0.15, 0.2) is 23.0 Å². The lowest BCUT2D eigenvalue weighted by molar-refractivity contribution is -0.384. The van der Waals surface area contributed by atoms with E-state index in [2.05, 4.69) is 15.0 Å². The van der Waals surface area contributed by atoms with E-state index >= 15 is 0 Å². The van der Waals surface area contributed by atoms with Crippen molar-refractivity contribution >= 4 is 33.7 Å². The lowest BCUT2D eigenvalue weighted by Gasteiger charge is -2.10. The van der Waals surface area contributed by atoms with E-state index in [9.17, 15) is 14.9 Å². The molecule has 0 aliphatic rings. The minimum atomic E-state index is -0.529. The van der Waals surface area contributed by atoms with Gasteiger partial charge in [0.25, 0.3) is 11.6 Å². The molecule has 0 unspecified atom stereocenters. The summed E-state index contributed by atoms with van der Waals surface area (Å²) < 4.78 is 28.3. The number of hydrogen-bond donors (Lipinski definition) is 1. The molecule has 13 heteroatoms. The standard InChI is InChI=1S/C24H21N3O6.C15H14N2O2/c1-4-33-21-13-16(27(29)30)8-9-18(21)24(28)26-14-19(17-6-5-11-25-23(17)26)15-7-10-20(31-2)22(12-15)32-3;1-18-13-6-5-10(8-14(13)19-2)12-9-17-15-11(12)4-3-7-16-15/h5-14H,4H2,1-3H3;3-9H,1-2H3,(H,16,17). The Kier molecular flexibility index (Phi) is 10.3. The smallest absolute Gasteiger partial charge is 0.273 e. The Morgan fingerprint density at radius 3 is 1.98 bits per heavy atom. The third kappa shape index (κ3) is 6.79. The van der Waals surface area contributed by atoms with Crippen molar-refractivity contribution < 1.29 is 33.4 Å². The van der Waals surface area contributed by atoms with E-state index in [1.807, 2.05) is 54.7 Å². The molecule has 0 radical (unpaired) electrons. The fraction of sp³-hybridized carbons (Fsp3) is 0.154. The van der Waals surface area contributed by atoms with E-state index in [-0.39, 0.29) is 23.6 Å². The molecule has 4 aromatic heterocycles. The van der Waals surface area contributed by atoms with Crippen molar-refractivity contribution in [2.75, 3.05) is 35.0 Å². The Bertz CT molecular complexity index is 2400. The van der Waals surface area contributed by atoms with Gasteiger partial charge in [0.05, 0.1) is 51.6 Å². The number of H-pyrrole nitrogens is 1. The van der Waals surface area contributed by atoms with Gasteiger partial charge in [-0.25, -0.2) is 9.97 Å². The zero-order valence-corrected chi connectivity index (χ0v) is 29.1. The monoisotopic (exact) mass is 701 g/mol. The lowest BCUT2D eigenvalue weighted by atomic mass is 10.1. The summed E-state index contributed by atoms with van der Waals surface area (Å²) in [5.74, 6) is 2.32. The van der Waals surface area contributed by atoms with Crippen LogP contribution in [0.4, 0.5) is 5.69 Å². The Morgan fingerprint density at radius 2 is 1.37 bits per heavy atom. The molecule has 0 aliphatic carbocycles. The molecule has 0 aliphatic heterocycles. The van der Waals surface area contributed by atoms with Gasteiger partial charge in [-0.05, 0) is 72.6 Å². The van der Waals surface area contributed by atoms with Crippen LogP contribution < -0.4 is 23.7 Å². The maximum Gasteiger partial charge on any atom is 0.273 e. The molecular formula is C39H35N5O8. The van der Waals surface area contributed by atoms with Gasteiger partial charge in [0.1, 0.15) is 17.0 Å². The van der Waals surface area contributed by atoms with Crippen LogP contribution in [-0.4, -0.2) is 65.4 Å². The molecule has 0 saturated carbocycles. The van der Waals surface area contributed by atoms with E-state index in [1.165, 1.54) is 22.8 Å². The summed E-state index contributed by atoms with van der Waals surface area (Å²) >= 11 is 0. The quantitative estimate of drug-likeness (QED) is 0.110. The third-order valence-electron chi connectivity index (χ3n) is 8.33. The summed E-state index contributed by atoms with van der Waals surface area (Å²) in [5.41, 5.74) is 5.12. The fourth-order valence-electron chi connectivity index (χ4n) is 5.85. The number of carbonyl (C=O) groups excluding carboxylic acids is 1. The molecule has 0 fully saturated rings. The highest BCUT2D eigenvalue weighted by molar-refractivity contribution is 6.07. The van der Waals surface area contributed by atoms with Gasteiger partial charge in [-0.2, -0.15) is 0 Å². The molecular weight excluding hydrogens is 666 g/mol. The summed E-state index contributed by atoms with van der Waals surface area (Å²) in [6, 6.07) is 22.9. The molecule has 52 heavy (non-hydrogen) atoms. The Hall–Kier alpha value is -6.89. The van der Waals surface area contributed by atoms with Crippen molar-refractivity contribution in [3.05, 3.63) is 119 Å². The lowest BCUT2D eigenvalue weighted by Crippen LogP contribution is -2.13. The third-order valence-corrected chi connectivity index (χ3v) is 8.33. The van der Waals surface area contributed by atoms with Crippen LogP contribution in [0.3, 0.4) is 0 Å². The number of nitro groups is 1. The van der Waals surface area contributed by atoms with E-state index in [0.29, 0.717) is 17.1 Å². The molecule has 3 aromatic carbocycles. The second-order valence-electron chi connectivity index (χ2n) is 11.2. The number of hydrogen-bond acceptors (Lipinski definition) is 10. The molecule has 7 rings (SSSR count). The Balaban J connectivity index is 0.000000206. The molecule has 1 N–H and O–H groups in total. The molecule has 0 spiro atoms. The van der Waals surface area contributed by atoms with E-state index in [1.54, 1.807) is 66.1 Å². The number of aromatic amines is 1. The van der Waals surface area contributed by atoms with Crippen molar-refractivity contribution in [3.63, 3.8) is 0 Å². The van der Waals surface area contributed by atoms with Gasteiger partial charge >= 0.3 is 0 Å². The highest BCUT2D eigenvalue weighted by Crippen LogP contribution is 2.37. The number of pyridine rings is 2. The predicted molar refractivity (Wildman–Crippen MR) is 197 cm³/mol. The zero-order chi connectivity index (χ0) is 36.8. The maximum atomic E-state index is 13.5. The van der Waals surface area contributed by atoms with Crippen molar-refractivity contribution in [1.29, 1.82) is 0 Å². The van der Waals surface area contributed by atoms with E-state index in [4.69, 9.17) is 23.7 Å². The summed E-state index contributed by atoms with van der Waals surface area (Å²) in [5, 5.41) is 13.0. The first-order valence-corrected chi connectivity index (χ1v) is 16.1. The zero-order valence-electron chi connectivity index (χ0n) is 29.1. The van der Waals surface area contributed by atoms with Gasteiger partial charge in [-0.15, -0.1) is 0 Å². The number of benzene rings is 3. The Labute approximate surface area is 298 Å².